The van der Waals surface area contributed by atoms with Crippen LogP contribution in [-0.4, -0.2) is 14.5 Å². The minimum absolute atomic E-state index is 0. The predicted molar refractivity (Wildman–Crippen MR) is 242 cm³/mol. The fourth-order valence-electron chi connectivity index (χ4n) is 8.01. The van der Waals surface area contributed by atoms with Gasteiger partial charge in [-0.05, 0) is 79.9 Å². The number of hydrogen-bond donors (Lipinski definition) is 0. The topological polar surface area (TPSA) is 30.7 Å². The molecular weight excluding hydrogens is 918 g/mol. The van der Waals surface area contributed by atoms with Crippen LogP contribution < -0.4 is 0 Å². The van der Waals surface area contributed by atoms with Crippen molar-refractivity contribution in [2.45, 2.75) is 0 Å². The van der Waals surface area contributed by atoms with E-state index in [1.807, 2.05) is 24.4 Å². The van der Waals surface area contributed by atoms with Gasteiger partial charge in [0.15, 0.2) is 0 Å². The standard InChI is InChI=1S/C54H33N3S.Pt/c1-3-12-36(13-4-1)38-21-23-40(24-22-38)42-29-30-51-46(33-42)47-34-45(41-27-25-39(26-28-41)37-14-5-2-6-15-37)48(54-56-50-19-7-8-20-53(50)58-54)35-52(47)57(51)44-17-11-16-43(32-44)49-18-9-10-31-55-49;/h1-31,33-34H;/q-2;+2. The van der Waals surface area contributed by atoms with Crippen LogP contribution in [0, 0.1) is 12.1 Å². The van der Waals surface area contributed by atoms with E-state index in [9.17, 15) is 0 Å². The first-order valence-corrected chi connectivity index (χ1v) is 20.2. The van der Waals surface area contributed by atoms with Crippen molar-refractivity contribution in [3.63, 3.8) is 0 Å². The summed E-state index contributed by atoms with van der Waals surface area (Å²) in [7, 11) is 0. The number of hydrogen-bond acceptors (Lipinski definition) is 3. The van der Waals surface area contributed by atoms with Gasteiger partial charge in [-0.25, -0.2) is 0 Å². The van der Waals surface area contributed by atoms with Crippen LogP contribution in [0.3, 0.4) is 0 Å². The van der Waals surface area contributed by atoms with E-state index in [0.29, 0.717) is 0 Å². The van der Waals surface area contributed by atoms with Gasteiger partial charge in [-0.15, -0.1) is 47.5 Å². The molecule has 0 amide bonds. The van der Waals surface area contributed by atoms with E-state index in [-0.39, 0.29) is 21.1 Å². The molecule has 5 heteroatoms. The first-order chi connectivity index (χ1) is 28.7. The fraction of sp³-hybridized carbons (Fsp3) is 0. The zero-order valence-corrected chi connectivity index (χ0v) is 34.7. The van der Waals surface area contributed by atoms with Gasteiger partial charge in [0.05, 0.1) is 5.52 Å². The minimum atomic E-state index is 0. The molecule has 0 saturated carbocycles. The van der Waals surface area contributed by atoms with E-state index in [2.05, 4.69) is 198 Å². The summed E-state index contributed by atoms with van der Waals surface area (Å²) in [5, 5.41) is 3.19. The molecule has 11 rings (SSSR count). The first kappa shape index (κ1) is 36.6. The second-order valence-corrected chi connectivity index (χ2v) is 15.5. The molecule has 59 heavy (non-hydrogen) atoms. The molecule has 3 heterocycles. The molecule has 0 radical (unpaired) electrons. The van der Waals surface area contributed by atoms with Crippen LogP contribution in [-0.2, 0) is 21.1 Å². The van der Waals surface area contributed by atoms with Gasteiger partial charge in [0.2, 0.25) is 0 Å². The van der Waals surface area contributed by atoms with Gasteiger partial charge >= 0.3 is 21.1 Å². The monoisotopic (exact) mass is 950 g/mol. The molecule has 0 aliphatic rings. The maximum Gasteiger partial charge on any atom is 2.00 e. The minimum Gasteiger partial charge on any atom is -0.346 e. The summed E-state index contributed by atoms with van der Waals surface area (Å²) in [6.07, 6.45) is 1.83. The Morgan fingerprint density at radius 3 is 1.76 bits per heavy atom. The number of pyridine rings is 1. The number of fused-ring (bicyclic) bond motifs is 4. The van der Waals surface area contributed by atoms with Gasteiger partial charge in [0.25, 0.3) is 0 Å². The Hall–Kier alpha value is -6.71. The van der Waals surface area contributed by atoms with E-state index in [1.54, 1.807) is 11.3 Å². The maximum atomic E-state index is 5.20. The number of para-hydroxylation sites is 1. The van der Waals surface area contributed by atoms with Crippen molar-refractivity contribution in [1.82, 2.24) is 14.5 Å². The summed E-state index contributed by atoms with van der Waals surface area (Å²) in [5.41, 5.74) is 16.1. The summed E-state index contributed by atoms with van der Waals surface area (Å²) < 4.78 is 3.45. The number of benzene rings is 8. The Morgan fingerprint density at radius 2 is 1.08 bits per heavy atom. The third-order valence-electron chi connectivity index (χ3n) is 10.9. The van der Waals surface area contributed by atoms with E-state index in [1.165, 1.54) is 22.3 Å². The van der Waals surface area contributed by atoms with Crippen molar-refractivity contribution in [3.05, 3.63) is 212 Å². The molecule has 0 unspecified atom stereocenters. The van der Waals surface area contributed by atoms with E-state index in [4.69, 9.17) is 4.98 Å². The third-order valence-corrected chi connectivity index (χ3v) is 12.0. The molecule has 0 fully saturated rings. The van der Waals surface area contributed by atoms with Gasteiger partial charge in [-0.2, -0.15) is 11.3 Å². The molecular formula is C54H33N3PtS. The zero-order chi connectivity index (χ0) is 38.4. The molecule has 0 bridgehead atoms. The molecule has 0 N–H and O–H groups in total. The van der Waals surface area contributed by atoms with E-state index >= 15 is 0 Å². The molecule has 0 spiro atoms. The zero-order valence-electron chi connectivity index (χ0n) is 31.6. The summed E-state index contributed by atoms with van der Waals surface area (Å²) >= 11 is 1.71. The SMILES string of the molecule is [Pt+2].[c-]1c(-c2ccccn2)cccc1-n1c2[c-]c(-c3nc4ccccc4s3)c(-c3ccc(-c4ccccc4)cc3)cc2c2cc(-c3ccc(-c4ccccc4)cc3)ccc21. The largest absolute Gasteiger partial charge is 2.00 e. The van der Waals surface area contributed by atoms with E-state index in [0.717, 1.165) is 81.8 Å². The number of aromatic nitrogens is 3. The van der Waals surface area contributed by atoms with Gasteiger partial charge in [0.1, 0.15) is 0 Å². The molecule has 0 aliphatic carbocycles. The second-order valence-electron chi connectivity index (χ2n) is 14.4. The van der Waals surface area contributed by atoms with Crippen molar-refractivity contribution in [1.29, 1.82) is 0 Å². The molecule has 0 atom stereocenters. The third kappa shape index (κ3) is 6.81. The molecule has 280 valence electrons. The van der Waals surface area contributed by atoms with Crippen LogP contribution in [0.1, 0.15) is 0 Å². The van der Waals surface area contributed by atoms with Gasteiger partial charge in [-0.3, -0.25) is 4.98 Å². The maximum absolute atomic E-state index is 5.20. The molecule has 8 aromatic carbocycles. The normalized spacial score (nSPS) is 11.3. The van der Waals surface area contributed by atoms with Crippen LogP contribution in [0.15, 0.2) is 200 Å². The Kier molecular flexibility index (Phi) is 9.66. The van der Waals surface area contributed by atoms with Gasteiger partial charge < -0.3 is 9.55 Å². The average molecular weight is 951 g/mol. The van der Waals surface area contributed by atoms with Crippen LogP contribution in [0.25, 0.3) is 104 Å². The van der Waals surface area contributed by atoms with Gasteiger partial charge in [-0.1, -0.05) is 162 Å². The quantitative estimate of drug-likeness (QED) is 0.149. The van der Waals surface area contributed by atoms with Crippen molar-refractivity contribution in [2.75, 3.05) is 0 Å². The molecule has 3 aromatic heterocycles. The van der Waals surface area contributed by atoms with Gasteiger partial charge in [0, 0.05) is 21.4 Å². The number of thiazole rings is 1. The van der Waals surface area contributed by atoms with E-state index < -0.39 is 0 Å². The fourth-order valence-corrected chi connectivity index (χ4v) is 8.99. The molecule has 3 nitrogen and oxygen atoms in total. The number of nitrogens with zero attached hydrogens (tertiary/aromatic N) is 3. The van der Waals surface area contributed by atoms with Crippen LogP contribution in [0.4, 0.5) is 0 Å². The number of rotatable bonds is 7. The van der Waals surface area contributed by atoms with Crippen LogP contribution in [0.5, 0.6) is 0 Å². The Balaban J connectivity index is 0.00000420. The van der Waals surface area contributed by atoms with Crippen molar-refractivity contribution < 1.29 is 21.1 Å². The van der Waals surface area contributed by atoms with Crippen molar-refractivity contribution >= 4 is 43.4 Å². The predicted octanol–water partition coefficient (Wildman–Crippen LogP) is 14.4. The van der Waals surface area contributed by atoms with Crippen molar-refractivity contribution in [2.24, 2.45) is 0 Å². The summed E-state index contributed by atoms with van der Waals surface area (Å²) in [5.74, 6) is 0. The van der Waals surface area contributed by atoms with Crippen LogP contribution >= 0.6 is 11.3 Å². The Labute approximate surface area is 361 Å². The molecule has 11 aromatic rings. The Bertz CT molecular complexity index is 3210. The first-order valence-electron chi connectivity index (χ1n) is 19.4. The Morgan fingerprint density at radius 1 is 0.475 bits per heavy atom. The van der Waals surface area contributed by atoms with Crippen LogP contribution in [0.2, 0.25) is 0 Å². The summed E-state index contributed by atoms with van der Waals surface area (Å²) in [6.45, 7) is 0. The summed E-state index contributed by atoms with van der Waals surface area (Å²) in [6, 6.07) is 76.4. The smallest absolute Gasteiger partial charge is 0.346 e. The average Bonchev–Trinajstić information content (AvgIpc) is 3.88. The van der Waals surface area contributed by atoms with Crippen molar-refractivity contribution in [3.8, 4) is 72.0 Å². The second kappa shape index (κ2) is 15.6. The molecule has 0 aliphatic heterocycles. The molecule has 0 saturated heterocycles. The summed E-state index contributed by atoms with van der Waals surface area (Å²) in [4.78, 5) is 9.85.